The van der Waals surface area contributed by atoms with Crippen molar-refractivity contribution < 1.29 is 14.7 Å². The summed E-state index contributed by atoms with van der Waals surface area (Å²) < 4.78 is 0. The number of hydrogen-bond acceptors (Lipinski definition) is 5. The summed E-state index contributed by atoms with van der Waals surface area (Å²) in [4.78, 5) is 33.4. The van der Waals surface area contributed by atoms with Gasteiger partial charge in [0.2, 0.25) is 5.91 Å². The number of anilines is 1. The molecule has 1 aromatic heterocycles. The zero-order valence-electron chi connectivity index (χ0n) is 23.1. The van der Waals surface area contributed by atoms with Crippen molar-refractivity contribution in [2.45, 2.75) is 90.3 Å². The third-order valence-electron chi connectivity index (χ3n) is 8.35. The van der Waals surface area contributed by atoms with Crippen LogP contribution in [-0.2, 0) is 15.0 Å². The largest absolute Gasteiger partial charge is 0.480 e. The lowest BCUT2D eigenvalue weighted by Crippen LogP contribution is -2.49. The Kier molecular flexibility index (Phi) is 7.83. The fraction of sp³-hybridized carbons (Fsp3) is 0.548. The SMILES string of the molecule is CC(C)(C#N)c1ccc(N[C@H]2[C@H](C(C)(C)C)[C@@H](C(=O)O)N(C(=O)C3CCCCC3)[C@H]2c2ccccc2)nc1. The monoisotopic (exact) mass is 516 g/mol. The molecule has 1 saturated carbocycles. The normalized spacial score (nSPS) is 24.6. The van der Waals surface area contributed by atoms with Gasteiger partial charge in [-0.3, -0.25) is 4.79 Å². The standard InChI is InChI=1S/C31H40N4O3/c1-30(2,3)24-25(34-23-17-16-22(18-33-23)31(4,5)19-32)26(20-12-8-6-9-13-20)35(27(24)29(37)38)28(36)21-14-10-7-11-15-21/h6,8-9,12-13,16-18,21,24-27H,7,10-11,14-15H2,1-5H3,(H,33,34)(H,37,38)/t24-,25-,26-,27-/m0/s1. The van der Waals surface area contributed by atoms with Crippen molar-refractivity contribution in [1.82, 2.24) is 9.88 Å². The number of carboxylic acids is 1. The van der Waals surface area contributed by atoms with E-state index in [1.54, 1.807) is 11.1 Å². The number of benzene rings is 1. The number of rotatable bonds is 6. The van der Waals surface area contributed by atoms with Crippen LogP contribution in [0.15, 0.2) is 48.7 Å². The number of aliphatic carboxylic acids is 1. The highest BCUT2D eigenvalue weighted by atomic mass is 16.4. The Hall–Kier alpha value is -3.40. The van der Waals surface area contributed by atoms with Crippen molar-refractivity contribution in [2.24, 2.45) is 17.3 Å². The maximum Gasteiger partial charge on any atom is 0.326 e. The van der Waals surface area contributed by atoms with Crippen molar-refractivity contribution >= 4 is 17.7 Å². The smallest absolute Gasteiger partial charge is 0.326 e. The van der Waals surface area contributed by atoms with Crippen LogP contribution >= 0.6 is 0 Å². The Morgan fingerprint density at radius 1 is 1.03 bits per heavy atom. The Balaban J connectivity index is 1.82. The molecule has 0 bridgehead atoms. The number of nitriles is 1. The van der Waals surface area contributed by atoms with Gasteiger partial charge < -0.3 is 15.3 Å². The predicted octanol–water partition coefficient (Wildman–Crippen LogP) is 5.94. The highest BCUT2D eigenvalue weighted by Gasteiger charge is 2.58. The van der Waals surface area contributed by atoms with Crippen LogP contribution < -0.4 is 5.32 Å². The number of aromatic nitrogens is 1. The number of carbonyl (C=O) groups is 2. The minimum Gasteiger partial charge on any atom is -0.480 e. The lowest BCUT2D eigenvalue weighted by molar-refractivity contribution is -0.154. The molecule has 2 fully saturated rings. The van der Waals surface area contributed by atoms with Crippen LogP contribution in [0.3, 0.4) is 0 Å². The zero-order valence-corrected chi connectivity index (χ0v) is 23.1. The summed E-state index contributed by atoms with van der Waals surface area (Å²) in [5.41, 5.74) is 0.630. The summed E-state index contributed by atoms with van der Waals surface area (Å²) in [6.45, 7) is 9.84. The van der Waals surface area contributed by atoms with Crippen LogP contribution in [0.25, 0.3) is 0 Å². The molecule has 4 atom stereocenters. The first kappa shape index (κ1) is 27.6. The minimum atomic E-state index is -0.974. The van der Waals surface area contributed by atoms with E-state index >= 15 is 0 Å². The van der Waals surface area contributed by atoms with E-state index < -0.39 is 28.9 Å². The quantitative estimate of drug-likeness (QED) is 0.492. The Morgan fingerprint density at radius 2 is 1.68 bits per heavy atom. The maximum atomic E-state index is 14.1. The average molecular weight is 517 g/mol. The van der Waals surface area contributed by atoms with Gasteiger partial charge in [0.25, 0.3) is 0 Å². The highest BCUT2D eigenvalue weighted by molar-refractivity contribution is 5.87. The number of pyridine rings is 1. The Morgan fingerprint density at radius 3 is 2.21 bits per heavy atom. The molecule has 1 saturated heterocycles. The Bertz CT molecular complexity index is 1170. The summed E-state index contributed by atoms with van der Waals surface area (Å²) in [5.74, 6) is -0.961. The van der Waals surface area contributed by atoms with Crippen LogP contribution in [0, 0.1) is 28.6 Å². The van der Waals surface area contributed by atoms with Crippen LogP contribution in [-0.4, -0.2) is 39.0 Å². The lowest BCUT2D eigenvalue weighted by Gasteiger charge is -2.36. The van der Waals surface area contributed by atoms with E-state index in [0.29, 0.717) is 5.82 Å². The van der Waals surface area contributed by atoms with E-state index in [0.717, 1.165) is 43.2 Å². The molecule has 202 valence electrons. The van der Waals surface area contributed by atoms with Gasteiger partial charge in [0.05, 0.1) is 23.6 Å². The van der Waals surface area contributed by atoms with Crippen LogP contribution in [0.2, 0.25) is 0 Å². The molecule has 2 aliphatic rings. The lowest BCUT2D eigenvalue weighted by atomic mass is 9.72. The zero-order chi connectivity index (χ0) is 27.7. The summed E-state index contributed by atoms with van der Waals surface area (Å²) in [6, 6.07) is 14.0. The molecular formula is C31H40N4O3. The van der Waals surface area contributed by atoms with Crippen LogP contribution in [0.4, 0.5) is 5.82 Å². The van der Waals surface area contributed by atoms with Gasteiger partial charge in [-0.25, -0.2) is 9.78 Å². The first-order valence-corrected chi connectivity index (χ1v) is 13.7. The van der Waals surface area contributed by atoms with E-state index in [1.165, 1.54) is 0 Å². The van der Waals surface area contributed by atoms with Crippen LogP contribution in [0.1, 0.15) is 83.9 Å². The molecule has 7 heteroatoms. The Labute approximate surface area is 226 Å². The summed E-state index contributed by atoms with van der Waals surface area (Å²) >= 11 is 0. The first-order chi connectivity index (χ1) is 18.0. The molecular weight excluding hydrogens is 476 g/mol. The van der Waals surface area contributed by atoms with E-state index in [9.17, 15) is 20.0 Å². The van der Waals surface area contributed by atoms with Gasteiger partial charge >= 0.3 is 5.97 Å². The fourth-order valence-corrected chi connectivity index (χ4v) is 6.30. The third kappa shape index (κ3) is 5.41. The molecule has 4 rings (SSSR count). The molecule has 1 aliphatic carbocycles. The number of nitrogens with zero attached hydrogens (tertiary/aromatic N) is 3. The van der Waals surface area contributed by atoms with Gasteiger partial charge in [0, 0.05) is 18.0 Å². The summed E-state index contributed by atoms with van der Waals surface area (Å²) in [6.07, 6.45) is 6.42. The van der Waals surface area contributed by atoms with Crippen molar-refractivity contribution in [3.8, 4) is 6.07 Å². The highest BCUT2D eigenvalue weighted by Crippen LogP contribution is 2.50. The molecule has 0 radical (unpaired) electrons. The maximum absolute atomic E-state index is 14.1. The van der Waals surface area contributed by atoms with Crippen molar-refractivity contribution in [1.29, 1.82) is 5.26 Å². The number of amides is 1. The van der Waals surface area contributed by atoms with Crippen molar-refractivity contribution in [3.63, 3.8) is 0 Å². The molecule has 2 heterocycles. The number of carboxylic acid groups (broad SMARTS) is 1. The second-order valence-electron chi connectivity index (χ2n) is 12.4. The van der Waals surface area contributed by atoms with Gasteiger partial charge in [-0.15, -0.1) is 0 Å². The second-order valence-corrected chi connectivity index (χ2v) is 12.4. The molecule has 0 unspecified atom stereocenters. The van der Waals surface area contributed by atoms with Gasteiger partial charge in [-0.1, -0.05) is 76.4 Å². The number of likely N-dealkylation sites (tertiary alicyclic amines) is 1. The number of nitrogens with one attached hydrogen (secondary N) is 1. The number of carbonyl (C=O) groups excluding carboxylic acids is 1. The average Bonchev–Trinajstić information content (AvgIpc) is 3.25. The summed E-state index contributed by atoms with van der Waals surface area (Å²) in [5, 5.41) is 23.7. The molecule has 2 N–H and O–H groups in total. The first-order valence-electron chi connectivity index (χ1n) is 13.7. The van der Waals surface area contributed by atoms with E-state index in [1.807, 2.05) is 77.1 Å². The minimum absolute atomic E-state index is 0.0522. The van der Waals surface area contributed by atoms with Gasteiger partial charge in [0.15, 0.2) is 0 Å². The van der Waals surface area contributed by atoms with E-state index in [4.69, 9.17) is 0 Å². The molecule has 1 aliphatic heterocycles. The van der Waals surface area contributed by atoms with Gasteiger partial charge in [-0.05, 0) is 49.3 Å². The van der Waals surface area contributed by atoms with Crippen molar-refractivity contribution in [3.05, 3.63) is 59.8 Å². The van der Waals surface area contributed by atoms with Gasteiger partial charge in [-0.2, -0.15) is 5.26 Å². The van der Waals surface area contributed by atoms with E-state index in [-0.39, 0.29) is 23.8 Å². The molecule has 1 aromatic carbocycles. The molecule has 38 heavy (non-hydrogen) atoms. The molecule has 7 nitrogen and oxygen atoms in total. The number of hydrogen-bond donors (Lipinski definition) is 2. The summed E-state index contributed by atoms with van der Waals surface area (Å²) in [7, 11) is 0. The topological polar surface area (TPSA) is 106 Å². The fourth-order valence-electron chi connectivity index (χ4n) is 6.30. The second kappa shape index (κ2) is 10.8. The molecule has 1 amide bonds. The molecule has 2 aromatic rings. The third-order valence-corrected chi connectivity index (χ3v) is 8.35. The van der Waals surface area contributed by atoms with Crippen molar-refractivity contribution in [2.75, 3.05) is 5.32 Å². The van der Waals surface area contributed by atoms with Gasteiger partial charge in [0.1, 0.15) is 11.9 Å². The molecule has 0 spiro atoms. The van der Waals surface area contributed by atoms with Crippen LogP contribution in [0.5, 0.6) is 0 Å². The van der Waals surface area contributed by atoms with E-state index in [2.05, 4.69) is 16.4 Å². The predicted molar refractivity (Wildman–Crippen MR) is 147 cm³/mol.